The van der Waals surface area contributed by atoms with Crippen molar-refractivity contribution in [2.45, 2.75) is 33.1 Å². The Labute approximate surface area is 92.7 Å². The highest BCUT2D eigenvalue weighted by Crippen LogP contribution is 1.95. The van der Waals surface area contributed by atoms with Crippen LogP contribution in [0.1, 0.15) is 33.1 Å². The lowest BCUT2D eigenvalue weighted by Gasteiger charge is -2.20. The first-order chi connectivity index (χ1) is 7.24. The molecule has 1 amide bonds. The first-order valence-electron chi connectivity index (χ1n) is 5.84. The number of aliphatic hydroxyl groups is 1. The molecule has 90 valence electrons. The highest BCUT2D eigenvalue weighted by molar-refractivity contribution is 5.76. The van der Waals surface area contributed by atoms with Crippen molar-refractivity contribution in [3.8, 4) is 0 Å². The lowest BCUT2D eigenvalue weighted by Crippen LogP contribution is -2.32. The van der Waals surface area contributed by atoms with Crippen LogP contribution in [0.2, 0.25) is 0 Å². The largest absolute Gasteiger partial charge is 0.387 e. The van der Waals surface area contributed by atoms with Crippen molar-refractivity contribution in [2.75, 3.05) is 32.8 Å². The third-order valence-corrected chi connectivity index (χ3v) is 2.20. The normalized spacial score (nSPS) is 10.7. The van der Waals surface area contributed by atoms with Crippen molar-refractivity contribution in [1.82, 2.24) is 10.2 Å². The molecule has 0 spiro atoms. The minimum atomic E-state index is -0.409. The molecule has 15 heavy (non-hydrogen) atoms. The van der Waals surface area contributed by atoms with E-state index in [-0.39, 0.29) is 5.91 Å². The summed E-state index contributed by atoms with van der Waals surface area (Å²) in [6, 6.07) is 0. The number of rotatable bonds is 9. The molecule has 4 nitrogen and oxygen atoms in total. The molecule has 0 unspecified atom stereocenters. The van der Waals surface area contributed by atoms with Crippen LogP contribution in [0.25, 0.3) is 0 Å². The Bertz CT molecular complexity index is 157. The molecule has 0 aromatic rings. The van der Waals surface area contributed by atoms with E-state index >= 15 is 0 Å². The zero-order chi connectivity index (χ0) is 11.5. The van der Waals surface area contributed by atoms with Gasteiger partial charge in [0.25, 0.3) is 0 Å². The van der Waals surface area contributed by atoms with Crippen LogP contribution in [0.3, 0.4) is 0 Å². The molecular formula is C11H24N2O2. The number of aliphatic hydroxyl groups excluding tert-OH is 1. The zero-order valence-corrected chi connectivity index (χ0v) is 9.96. The highest BCUT2D eigenvalue weighted by atomic mass is 16.3. The van der Waals surface area contributed by atoms with Crippen molar-refractivity contribution in [2.24, 2.45) is 0 Å². The van der Waals surface area contributed by atoms with Gasteiger partial charge in [-0.2, -0.15) is 0 Å². The van der Waals surface area contributed by atoms with Crippen molar-refractivity contribution in [3.63, 3.8) is 0 Å². The second-order valence-electron chi connectivity index (χ2n) is 3.70. The maximum atomic E-state index is 10.7. The number of carbonyl (C=O) groups excluding carboxylic acids is 1. The smallest absolute Gasteiger partial charge is 0.245 e. The van der Waals surface area contributed by atoms with Gasteiger partial charge in [-0.3, -0.25) is 4.79 Å². The first kappa shape index (κ1) is 14.4. The van der Waals surface area contributed by atoms with Gasteiger partial charge in [0.05, 0.1) is 0 Å². The van der Waals surface area contributed by atoms with Crippen LogP contribution in [0.15, 0.2) is 0 Å². The van der Waals surface area contributed by atoms with Crippen LogP contribution in [-0.2, 0) is 4.79 Å². The second-order valence-corrected chi connectivity index (χ2v) is 3.70. The molecule has 0 saturated carbocycles. The molecule has 0 aliphatic rings. The van der Waals surface area contributed by atoms with E-state index in [2.05, 4.69) is 24.1 Å². The summed E-state index contributed by atoms with van der Waals surface area (Å²) in [6.07, 6.45) is 3.29. The molecule has 0 aliphatic heterocycles. The molecule has 0 radical (unpaired) electrons. The fourth-order valence-electron chi connectivity index (χ4n) is 1.55. The van der Waals surface area contributed by atoms with Crippen LogP contribution < -0.4 is 5.32 Å². The minimum Gasteiger partial charge on any atom is -0.387 e. The van der Waals surface area contributed by atoms with Gasteiger partial charge in [-0.1, -0.05) is 13.8 Å². The van der Waals surface area contributed by atoms with Gasteiger partial charge in [0.1, 0.15) is 6.61 Å². The van der Waals surface area contributed by atoms with Gasteiger partial charge in [-0.25, -0.2) is 0 Å². The molecule has 0 aliphatic carbocycles. The average Bonchev–Trinajstić information content (AvgIpc) is 2.24. The lowest BCUT2D eigenvalue weighted by molar-refractivity contribution is -0.123. The number of amides is 1. The van der Waals surface area contributed by atoms with E-state index in [4.69, 9.17) is 5.11 Å². The summed E-state index contributed by atoms with van der Waals surface area (Å²) < 4.78 is 0. The first-order valence-corrected chi connectivity index (χ1v) is 5.84. The summed E-state index contributed by atoms with van der Waals surface area (Å²) in [5, 5.41) is 11.1. The average molecular weight is 216 g/mol. The summed E-state index contributed by atoms with van der Waals surface area (Å²) in [7, 11) is 0. The monoisotopic (exact) mass is 216 g/mol. The van der Waals surface area contributed by atoms with Crippen molar-refractivity contribution in [1.29, 1.82) is 0 Å². The van der Waals surface area contributed by atoms with Crippen LogP contribution in [0, 0.1) is 0 Å². The Kier molecular flexibility index (Phi) is 9.52. The molecule has 0 heterocycles. The summed E-state index contributed by atoms with van der Waals surface area (Å²) in [5.74, 6) is -0.285. The fourth-order valence-corrected chi connectivity index (χ4v) is 1.55. The fraction of sp³-hybridized carbons (Fsp3) is 0.909. The summed E-state index contributed by atoms with van der Waals surface area (Å²) in [4.78, 5) is 13.1. The Balaban J connectivity index is 3.48. The Morgan fingerprint density at radius 1 is 1.20 bits per heavy atom. The minimum absolute atomic E-state index is 0.285. The number of hydrogen-bond acceptors (Lipinski definition) is 3. The highest BCUT2D eigenvalue weighted by Gasteiger charge is 2.02. The van der Waals surface area contributed by atoms with Gasteiger partial charge in [0.2, 0.25) is 5.91 Å². The molecular weight excluding hydrogens is 192 g/mol. The van der Waals surface area contributed by atoms with E-state index in [1.165, 1.54) is 12.8 Å². The third kappa shape index (κ3) is 8.39. The number of hydrogen-bond donors (Lipinski definition) is 2. The number of nitrogens with one attached hydrogen (secondary N) is 1. The summed E-state index contributed by atoms with van der Waals surface area (Å²) in [5.41, 5.74) is 0. The van der Waals surface area contributed by atoms with Gasteiger partial charge >= 0.3 is 0 Å². The van der Waals surface area contributed by atoms with Crippen LogP contribution in [0.5, 0.6) is 0 Å². The van der Waals surface area contributed by atoms with E-state index in [0.29, 0.717) is 6.54 Å². The zero-order valence-electron chi connectivity index (χ0n) is 9.96. The number of nitrogens with zero attached hydrogens (tertiary/aromatic N) is 1. The summed E-state index contributed by atoms with van der Waals surface area (Å²) >= 11 is 0. The van der Waals surface area contributed by atoms with E-state index < -0.39 is 6.61 Å². The predicted octanol–water partition coefficient (Wildman–Crippen LogP) is 0.607. The maximum Gasteiger partial charge on any atom is 0.245 e. The van der Waals surface area contributed by atoms with Gasteiger partial charge in [0, 0.05) is 6.54 Å². The maximum absolute atomic E-state index is 10.7. The molecule has 0 saturated heterocycles. The summed E-state index contributed by atoms with van der Waals surface area (Å²) in [6.45, 7) is 7.88. The second kappa shape index (κ2) is 9.93. The molecule has 0 rings (SSSR count). The SMILES string of the molecule is CCCN(CCC)CCCNC(=O)CO. The molecule has 4 heteroatoms. The quantitative estimate of drug-likeness (QED) is 0.555. The van der Waals surface area contributed by atoms with Gasteiger partial charge in [-0.15, -0.1) is 0 Å². The van der Waals surface area contributed by atoms with Crippen molar-refractivity contribution in [3.05, 3.63) is 0 Å². The van der Waals surface area contributed by atoms with Crippen LogP contribution in [-0.4, -0.2) is 48.7 Å². The van der Waals surface area contributed by atoms with E-state index in [9.17, 15) is 4.79 Å². The van der Waals surface area contributed by atoms with Gasteiger partial charge < -0.3 is 15.3 Å². The van der Waals surface area contributed by atoms with Crippen molar-refractivity contribution < 1.29 is 9.90 Å². The molecule has 2 N–H and O–H groups in total. The molecule has 0 atom stereocenters. The Hall–Kier alpha value is -0.610. The van der Waals surface area contributed by atoms with E-state index in [0.717, 1.165) is 26.1 Å². The Morgan fingerprint density at radius 2 is 1.80 bits per heavy atom. The Morgan fingerprint density at radius 3 is 2.27 bits per heavy atom. The standard InChI is InChI=1S/C11H24N2O2/c1-3-7-13(8-4-2)9-5-6-12-11(15)10-14/h14H,3-10H2,1-2H3,(H,12,15). The van der Waals surface area contributed by atoms with Gasteiger partial charge in [-0.05, 0) is 38.9 Å². The molecule has 0 aromatic carbocycles. The number of carbonyl (C=O) groups is 1. The van der Waals surface area contributed by atoms with E-state index in [1.54, 1.807) is 0 Å². The topological polar surface area (TPSA) is 52.6 Å². The molecule has 0 bridgehead atoms. The van der Waals surface area contributed by atoms with Gasteiger partial charge in [0.15, 0.2) is 0 Å². The van der Waals surface area contributed by atoms with Crippen molar-refractivity contribution >= 4 is 5.91 Å². The van der Waals surface area contributed by atoms with Crippen LogP contribution >= 0.6 is 0 Å². The van der Waals surface area contributed by atoms with E-state index in [1.807, 2.05) is 0 Å². The molecule has 0 fully saturated rings. The predicted molar refractivity (Wildman–Crippen MR) is 61.7 cm³/mol. The third-order valence-electron chi connectivity index (χ3n) is 2.20. The molecule has 0 aromatic heterocycles. The lowest BCUT2D eigenvalue weighted by atomic mass is 10.3. The van der Waals surface area contributed by atoms with Crippen LogP contribution in [0.4, 0.5) is 0 Å².